The lowest BCUT2D eigenvalue weighted by Crippen LogP contribution is -2.37. The number of halogens is 1. The van der Waals surface area contributed by atoms with Crippen LogP contribution in [0.25, 0.3) is 0 Å². The summed E-state index contributed by atoms with van der Waals surface area (Å²) in [4.78, 5) is 16.8. The molecule has 1 saturated heterocycles. The van der Waals surface area contributed by atoms with Crippen LogP contribution in [0.1, 0.15) is 42.6 Å². The summed E-state index contributed by atoms with van der Waals surface area (Å²) in [6, 6.07) is 11.1. The Bertz CT molecular complexity index is 1070. The predicted octanol–water partition coefficient (Wildman–Crippen LogP) is 3.83. The zero-order valence-electron chi connectivity index (χ0n) is 19.3. The van der Waals surface area contributed by atoms with Crippen LogP contribution in [0.5, 0.6) is 5.75 Å². The third-order valence-electron chi connectivity index (χ3n) is 5.62. The van der Waals surface area contributed by atoms with Crippen molar-refractivity contribution in [2.24, 2.45) is 0 Å². The molecule has 2 aromatic rings. The molecule has 0 aliphatic carbocycles. The molecule has 33 heavy (non-hydrogen) atoms. The van der Waals surface area contributed by atoms with E-state index in [9.17, 15) is 17.6 Å². The Morgan fingerprint density at radius 2 is 1.91 bits per heavy atom. The van der Waals surface area contributed by atoms with Gasteiger partial charge >= 0.3 is 10.1 Å². The van der Waals surface area contributed by atoms with Crippen LogP contribution in [0, 0.1) is 5.82 Å². The number of hydrogen-bond acceptors (Lipinski definition) is 6. The zero-order valence-corrected chi connectivity index (χ0v) is 20.1. The van der Waals surface area contributed by atoms with Gasteiger partial charge in [0.25, 0.3) is 5.91 Å². The van der Waals surface area contributed by atoms with E-state index in [0.29, 0.717) is 12.2 Å². The number of hydrogen-bond donors (Lipinski definition) is 0. The number of amides is 1. The summed E-state index contributed by atoms with van der Waals surface area (Å²) < 4.78 is 49.3. The molecule has 1 amide bonds. The fourth-order valence-electron chi connectivity index (χ4n) is 3.96. The van der Waals surface area contributed by atoms with Gasteiger partial charge in [0.05, 0.1) is 17.9 Å². The van der Waals surface area contributed by atoms with Crippen molar-refractivity contribution in [1.29, 1.82) is 0 Å². The molecular weight excluding hydrogens is 447 g/mol. The normalized spacial score (nSPS) is 15.9. The number of anilines is 1. The maximum atomic E-state index is 14.4. The summed E-state index contributed by atoms with van der Waals surface area (Å²) in [6.07, 6.45) is 2.52. The smallest absolute Gasteiger partial charge is 0.306 e. The molecule has 3 rings (SSSR count). The second kappa shape index (κ2) is 11.0. The molecule has 0 saturated carbocycles. The third-order valence-corrected chi connectivity index (χ3v) is 6.10. The monoisotopic (exact) mass is 478 g/mol. The molecule has 9 heteroatoms. The van der Waals surface area contributed by atoms with Gasteiger partial charge in [-0.1, -0.05) is 18.2 Å². The summed E-state index contributed by atoms with van der Waals surface area (Å²) in [7, 11) is -3.80. The molecule has 1 aliphatic heterocycles. The molecule has 1 aliphatic rings. The minimum absolute atomic E-state index is 0.0409. The van der Waals surface area contributed by atoms with Crippen molar-refractivity contribution in [3.63, 3.8) is 0 Å². The molecule has 1 atom stereocenters. The highest BCUT2D eigenvalue weighted by Gasteiger charge is 2.26. The van der Waals surface area contributed by atoms with Crippen molar-refractivity contribution in [2.75, 3.05) is 37.4 Å². The molecular formula is C24H31FN2O5S. The third kappa shape index (κ3) is 6.68. The van der Waals surface area contributed by atoms with Gasteiger partial charge in [-0.15, -0.1) is 0 Å². The highest BCUT2D eigenvalue weighted by molar-refractivity contribution is 7.86. The van der Waals surface area contributed by atoms with E-state index in [1.54, 1.807) is 18.2 Å². The van der Waals surface area contributed by atoms with E-state index < -0.39 is 21.8 Å². The SMILES string of the molecule is CCN(CC)c1ccc(CN(C[C@@H]2CCCO2)C(=O)c2ccccc2F)c(OS(C)(=O)=O)c1. The van der Waals surface area contributed by atoms with Crippen molar-refractivity contribution in [3.8, 4) is 5.75 Å². The molecule has 0 aromatic heterocycles. The average Bonchev–Trinajstić information content (AvgIpc) is 3.27. The number of rotatable bonds is 10. The first-order valence-corrected chi connectivity index (χ1v) is 13.0. The van der Waals surface area contributed by atoms with Crippen molar-refractivity contribution >= 4 is 21.7 Å². The standard InChI is InChI=1S/C24H31FN2O5S/c1-4-26(5-2)19-13-12-18(23(15-19)32-33(3,29)30)16-27(17-20-9-8-14-31-20)24(28)21-10-6-7-11-22(21)25/h6-7,10-13,15,20H,4-5,8-9,14,16-17H2,1-3H3/t20-/m0/s1. The highest BCUT2D eigenvalue weighted by Crippen LogP contribution is 2.29. The summed E-state index contributed by atoms with van der Waals surface area (Å²) >= 11 is 0. The van der Waals surface area contributed by atoms with Gasteiger partial charge in [-0.05, 0) is 44.9 Å². The minimum atomic E-state index is -3.80. The molecule has 0 spiro atoms. The topological polar surface area (TPSA) is 76.2 Å². The van der Waals surface area contributed by atoms with Crippen LogP contribution in [0.3, 0.4) is 0 Å². The van der Waals surface area contributed by atoms with E-state index >= 15 is 0 Å². The van der Waals surface area contributed by atoms with Crippen LogP contribution < -0.4 is 9.08 Å². The Morgan fingerprint density at radius 1 is 1.18 bits per heavy atom. The van der Waals surface area contributed by atoms with Crippen LogP contribution in [0.15, 0.2) is 42.5 Å². The molecule has 7 nitrogen and oxygen atoms in total. The summed E-state index contributed by atoms with van der Waals surface area (Å²) in [6.45, 7) is 6.43. The first kappa shape index (κ1) is 25.0. The van der Waals surface area contributed by atoms with Crippen molar-refractivity contribution in [1.82, 2.24) is 4.90 Å². The fraction of sp³-hybridized carbons (Fsp3) is 0.458. The zero-order chi connectivity index (χ0) is 24.0. The van der Waals surface area contributed by atoms with E-state index in [2.05, 4.69) is 4.90 Å². The molecule has 0 N–H and O–H groups in total. The van der Waals surface area contributed by atoms with Gasteiger partial charge in [-0.25, -0.2) is 4.39 Å². The Morgan fingerprint density at radius 3 is 2.52 bits per heavy atom. The Labute approximate surface area is 195 Å². The molecule has 0 unspecified atom stereocenters. The van der Waals surface area contributed by atoms with E-state index in [1.165, 1.54) is 23.1 Å². The first-order chi connectivity index (χ1) is 15.7. The minimum Gasteiger partial charge on any atom is -0.382 e. The molecule has 0 radical (unpaired) electrons. The van der Waals surface area contributed by atoms with E-state index in [-0.39, 0.29) is 30.5 Å². The van der Waals surface area contributed by atoms with Gasteiger partial charge in [-0.2, -0.15) is 8.42 Å². The second-order valence-electron chi connectivity index (χ2n) is 8.05. The van der Waals surface area contributed by atoms with Gasteiger partial charge < -0.3 is 18.7 Å². The Kier molecular flexibility index (Phi) is 8.31. The lowest BCUT2D eigenvalue weighted by atomic mass is 10.1. The van der Waals surface area contributed by atoms with Gasteiger partial charge in [-0.3, -0.25) is 4.79 Å². The Balaban J connectivity index is 1.97. The largest absolute Gasteiger partial charge is 0.382 e. The van der Waals surface area contributed by atoms with Gasteiger partial charge in [0.1, 0.15) is 11.6 Å². The van der Waals surface area contributed by atoms with E-state index in [0.717, 1.165) is 37.9 Å². The summed E-state index contributed by atoms with van der Waals surface area (Å²) in [5.74, 6) is -0.938. The molecule has 1 heterocycles. The van der Waals surface area contributed by atoms with Gasteiger partial charge in [0, 0.05) is 50.1 Å². The Hall–Kier alpha value is -2.65. The molecule has 0 bridgehead atoms. The van der Waals surface area contributed by atoms with Crippen LogP contribution in [-0.4, -0.2) is 57.8 Å². The number of ether oxygens (including phenoxy) is 1. The second-order valence-corrected chi connectivity index (χ2v) is 9.63. The van der Waals surface area contributed by atoms with Crippen LogP contribution >= 0.6 is 0 Å². The predicted molar refractivity (Wildman–Crippen MR) is 126 cm³/mol. The fourth-order valence-corrected chi connectivity index (χ4v) is 4.45. The number of nitrogens with zero attached hydrogens (tertiary/aromatic N) is 2. The summed E-state index contributed by atoms with van der Waals surface area (Å²) in [5, 5.41) is 0. The van der Waals surface area contributed by atoms with Gasteiger partial charge in [0.2, 0.25) is 0 Å². The van der Waals surface area contributed by atoms with Crippen LogP contribution in [0.4, 0.5) is 10.1 Å². The van der Waals surface area contributed by atoms with E-state index in [1.807, 2.05) is 19.9 Å². The van der Waals surface area contributed by atoms with Crippen molar-refractivity contribution < 1.29 is 26.5 Å². The van der Waals surface area contributed by atoms with Gasteiger partial charge in [0.15, 0.2) is 0 Å². The number of carbonyl (C=O) groups excluding carboxylic acids is 1. The highest BCUT2D eigenvalue weighted by atomic mass is 32.2. The number of benzene rings is 2. The number of carbonyl (C=O) groups is 1. The van der Waals surface area contributed by atoms with Crippen LogP contribution in [-0.2, 0) is 21.4 Å². The lowest BCUT2D eigenvalue weighted by Gasteiger charge is -2.27. The first-order valence-electron chi connectivity index (χ1n) is 11.1. The summed E-state index contributed by atoms with van der Waals surface area (Å²) in [5.41, 5.74) is 1.29. The van der Waals surface area contributed by atoms with E-state index in [4.69, 9.17) is 8.92 Å². The molecule has 2 aromatic carbocycles. The quantitative estimate of drug-likeness (QED) is 0.483. The van der Waals surface area contributed by atoms with Crippen molar-refractivity contribution in [2.45, 2.75) is 39.3 Å². The maximum Gasteiger partial charge on any atom is 0.306 e. The maximum absolute atomic E-state index is 14.4. The van der Waals surface area contributed by atoms with Crippen molar-refractivity contribution in [3.05, 3.63) is 59.4 Å². The van der Waals surface area contributed by atoms with Crippen LogP contribution in [0.2, 0.25) is 0 Å². The lowest BCUT2D eigenvalue weighted by molar-refractivity contribution is 0.0503. The molecule has 1 fully saturated rings. The molecule has 180 valence electrons. The average molecular weight is 479 g/mol.